The third-order valence-electron chi connectivity index (χ3n) is 6.84. The molecule has 0 amide bonds. The van der Waals surface area contributed by atoms with Gasteiger partial charge in [0.25, 0.3) is 11.2 Å². The summed E-state index contributed by atoms with van der Waals surface area (Å²) < 4.78 is 18.3. The van der Waals surface area contributed by atoms with Gasteiger partial charge in [-0.2, -0.15) is 0 Å². The highest BCUT2D eigenvalue weighted by atomic mass is 32.2. The zero-order chi connectivity index (χ0) is 32.1. The Bertz CT molecular complexity index is 1970. The molecule has 0 bridgehead atoms. The van der Waals surface area contributed by atoms with Crippen molar-refractivity contribution in [2.45, 2.75) is 42.8 Å². The van der Waals surface area contributed by atoms with Crippen molar-refractivity contribution in [1.82, 2.24) is 14.5 Å². The maximum absolute atomic E-state index is 14.2. The number of nitro benzene ring substituents is 1. The first-order chi connectivity index (χ1) is 21.8. The molecule has 12 nitrogen and oxygen atoms in total. The van der Waals surface area contributed by atoms with Gasteiger partial charge in [0, 0.05) is 24.0 Å². The van der Waals surface area contributed by atoms with Crippen LogP contribution in [0.4, 0.5) is 5.69 Å². The molecule has 0 aliphatic carbocycles. The molecule has 1 atom stereocenters. The molecule has 0 fully saturated rings. The number of methoxy groups -OCH3 is 2. The first kappa shape index (κ1) is 31.6. The SMILES string of the molecule is CCCC1=C(C(=O)OCC)[C@H](c2cc(OC)ccc2OC)n2c(s/c(=C\c3ccc(Sc4ncccn4)c([N+](=O)[O-])c3)c2=O)=N1. The van der Waals surface area contributed by atoms with Crippen molar-refractivity contribution in [3.05, 3.63) is 107 Å². The predicted octanol–water partition coefficient (Wildman–Crippen LogP) is 4.45. The highest BCUT2D eigenvalue weighted by molar-refractivity contribution is 7.99. The van der Waals surface area contributed by atoms with E-state index in [1.807, 2.05) is 6.92 Å². The molecule has 2 aromatic heterocycles. The molecule has 0 radical (unpaired) electrons. The van der Waals surface area contributed by atoms with Crippen LogP contribution in [0.25, 0.3) is 6.08 Å². The van der Waals surface area contributed by atoms with Crippen LogP contribution in [0.1, 0.15) is 43.9 Å². The van der Waals surface area contributed by atoms with Gasteiger partial charge in [-0.1, -0.05) is 30.7 Å². The second-order valence-electron chi connectivity index (χ2n) is 9.64. The van der Waals surface area contributed by atoms with E-state index < -0.39 is 22.5 Å². The van der Waals surface area contributed by atoms with Crippen molar-refractivity contribution in [2.75, 3.05) is 20.8 Å². The van der Waals surface area contributed by atoms with Crippen LogP contribution in [0.5, 0.6) is 11.5 Å². The third-order valence-corrected chi connectivity index (χ3v) is 8.79. The van der Waals surface area contributed by atoms with E-state index in [2.05, 4.69) is 9.97 Å². The van der Waals surface area contributed by atoms with Gasteiger partial charge in [-0.15, -0.1) is 0 Å². The Hall–Kier alpha value is -4.82. The van der Waals surface area contributed by atoms with Crippen molar-refractivity contribution in [1.29, 1.82) is 0 Å². The van der Waals surface area contributed by atoms with E-state index in [1.54, 1.807) is 61.8 Å². The molecule has 232 valence electrons. The maximum atomic E-state index is 14.2. The fourth-order valence-corrected chi connectivity index (χ4v) is 6.73. The summed E-state index contributed by atoms with van der Waals surface area (Å²) >= 11 is 2.20. The minimum atomic E-state index is -0.923. The monoisotopic (exact) mass is 647 g/mol. The fourth-order valence-electron chi connectivity index (χ4n) is 4.91. The van der Waals surface area contributed by atoms with Crippen molar-refractivity contribution >= 4 is 40.8 Å². The van der Waals surface area contributed by atoms with Gasteiger partial charge in [-0.3, -0.25) is 19.5 Å². The van der Waals surface area contributed by atoms with E-state index in [0.717, 1.165) is 23.1 Å². The molecule has 0 N–H and O–H groups in total. The van der Waals surface area contributed by atoms with Crippen LogP contribution < -0.4 is 24.4 Å². The summed E-state index contributed by atoms with van der Waals surface area (Å²) in [6.07, 6.45) is 5.86. The summed E-state index contributed by atoms with van der Waals surface area (Å²) in [6.45, 7) is 3.82. The maximum Gasteiger partial charge on any atom is 0.338 e. The number of allylic oxidation sites excluding steroid dienone is 1. The number of rotatable bonds is 11. The van der Waals surface area contributed by atoms with Gasteiger partial charge in [0.15, 0.2) is 9.96 Å². The molecule has 0 saturated heterocycles. The van der Waals surface area contributed by atoms with Crippen LogP contribution in [-0.2, 0) is 9.53 Å². The molecule has 1 aliphatic heterocycles. The smallest absolute Gasteiger partial charge is 0.338 e. The number of ether oxygens (including phenoxy) is 3. The average Bonchev–Trinajstić information content (AvgIpc) is 3.35. The molecule has 14 heteroatoms. The Morgan fingerprint density at radius 3 is 2.58 bits per heavy atom. The average molecular weight is 648 g/mol. The summed E-state index contributed by atoms with van der Waals surface area (Å²) in [4.78, 5) is 52.9. The van der Waals surface area contributed by atoms with Crippen molar-refractivity contribution < 1.29 is 23.9 Å². The lowest BCUT2D eigenvalue weighted by Gasteiger charge is -2.27. The molecular formula is C31H29N5O7S2. The Labute approximate surface area is 265 Å². The third kappa shape index (κ3) is 6.51. The van der Waals surface area contributed by atoms with E-state index in [0.29, 0.717) is 56.0 Å². The molecule has 5 rings (SSSR count). The normalized spacial score (nSPS) is 14.5. The molecule has 0 saturated carbocycles. The number of nitrogens with zero attached hydrogens (tertiary/aromatic N) is 5. The minimum absolute atomic E-state index is 0.136. The quantitative estimate of drug-likeness (QED) is 0.0990. The number of thiazole rings is 1. The van der Waals surface area contributed by atoms with Crippen molar-refractivity contribution in [3.8, 4) is 11.5 Å². The number of hydrogen-bond donors (Lipinski definition) is 0. The number of fused-ring (bicyclic) bond motifs is 1. The predicted molar refractivity (Wildman–Crippen MR) is 168 cm³/mol. The largest absolute Gasteiger partial charge is 0.497 e. The van der Waals surface area contributed by atoms with E-state index in [4.69, 9.17) is 19.2 Å². The lowest BCUT2D eigenvalue weighted by atomic mass is 9.93. The zero-order valence-electron chi connectivity index (χ0n) is 24.9. The number of esters is 1. The Balaban J connectivity index is 1.71. The molecule has 0 spiro atoms. The zero-order valence-corrected chi connectivity index (χ0v) is 26.5. The van der Waals surface area contributed by atoms with E-state index >= 15 is 0 Å². The molecule has 0 unspecified atom stereocenters. The number of aromatic nitrogens is 3. The standard InChI is InChI=1S/C31H29N5O7S2/c1-5-8-21-26(29(38)43-6-2)27(20-17-19(41-3)10-11-23(20)42-4)35-28(37)25(45-31(35)34-21)16-18-9-12-24(22(15-18)36(39)40)44-30-32-13-7-14-33-30/h7,9-17,27H,5-6,8H2,1-4H3/b25-16-/t27-/m0/s1. The minimum Gasteiger partial charge on any atom is -0.497 e. The Kier molecular flexibility index (Phi) is 9.74. The van der Waals surface area contributed by atoms with Gasteiger partial charge in [-0.25, -0.2) is 19.8 Å². The Morgan fingerprint density at radius 1 is 1.13 bits per heavy atom. The molecule has 45 heavy (non-hydrogen) atoms. The van der Waals surface area contributed by atoms with E-state index in [-0.39, 0.29) is 22.4 Å². The van der Waals surface area contributed by atoms with Gasteiger partial charge in [0.2, 0.25) is 0 Å². The van der Waals surface area contributed by atoms with Crippen molar-refractivity contribution in [2.24, 2.45) is 4.99 Å². The summed E-state index contributed by atoms with van der Waals surface area (Å²) in [6, 6.07) is 10.6. The van der Waals surface area contributed by atoms with Gasteiger partial charge in [0.1, 0.15) is 17.5 Å². The summed E-state index contributed by atoms with van der Waals surface area (Å²) in [7, 11) is 3.03. The highest BCUT2D eigenvalue weighted by Crippen LogP contribution is 2.39. The van der Waals surface area contributed by atoms with Gasteiger partial charge >= 0.3 is 5.97 Å². The molecule has 1 aliphatic rings. The summed E-state index contributed by atoms with van der Waals surface area (Å²) in [5.74, 6) is 0.373. The van der Waals surface area contributed by atoms with Crippen LogP contribution in [0.2, 0.25) is 0 Å². The lowest BCUT2D eigenvalue weighted by molar-refractivity contribution is -0.387. The van der Waals surface area contributed by atoms with E-state index in [1.165, 1.54) is 24.9 Å². The lowest BCUT2D eigenvalue weighted by Crippen LogP contribution is -2.40. The number of nitro groups is 1. The number of benzene rings is 2. The second kappa shape index (κ2) is 13.9. The number of carbonyl (C=O) groups excluding carboxylic acids is 1. The first-order valence-electron chi connectivity index (χ1n) is 14.0. The van der Waals surface area contributed by atoms with Gasteiger partial charge in [0.05, 0.1) is 46.4 Å². The van der Waals surface area contributed by atoms with Crippen molar-refractivity contribution in [3.63, 3.8) is 0 Å². The molecule has 2 aromatic carbocycles. The topological polar surface area (TPSA) is 148 Å². The van der Waals surface area contributed by atoms with Crippen LogP contribution in [0.15, 0.2) is 86.0 Å². The van der Waals surface area contributed by atoms with Crippen LogP contribution in [-0.4, -0.2) is 46.3 Å². The van der Waals surface area contributed by atoms with Crippen LogP contribution >= 0.6 is 23.1 Å². The summed E-state index contributed by atoms with van der Waals surface area (Å²) in [5.41, 5.74) is 1.14. The molecular weight excluding hydrogens is 619 g/mol. The fraction of sp³-hybridized carbons (Fsp3) is 0.258. The van der Waals surface area contributed by atoms with Crippen LogP contribution in [0.3, 0.4) is 0 Å². The Morgan fingerprint density at radius 2 is 1.91 bits per heavy atom. The summed E-state index contributed by atoms with van der Waals surface area (Å²) in [5, 5.41) is 12.4. The molecule has 4 aromatic rings. The van der Waals surface area contributed by atoms with Gasteiger partial charge in [-0.05, 0) is 67.1 Å². The first-order valence-corrected chi connectivity index (χ1v) is 15.6. The van der Waals surface area contributed by atoms with Crippen LogP contribution in [0, 0.1) is 10.1 Å². The second-order valence-corrected chi connectivity index (χ2v) is 11.7. The van der Waals surface area contributed by atoms with E-state index in [9.17, 15) is 19.7 Å². The number of hydrogen-bond acceptors (Lipinski definition) is 12. The number of carbonyl (C=O) groups is 1. The highest BCUT2D eigenvalue weighted by Gasteiger charge is 2.36. The van der Waals surface area contributed by atoms with Gasteiger partial charge < -0.3 is 14.2 Å². The molecule has 3 heterocycles.